The molecule has 1 N–H and O–H groups in total. The SMILES string of the molecule is CCCCCCCCCCCOC(OCCOCCOCC)C(=O)O. The van der Waals surface area contributed by atoms with E-state index < -0.39 is 12.3 Å². The minimum atomic E-state index is -1.20. The Morgan fingerprint density at radius 3 is 1.84 bits per heavy atom. The zero-order chi connectivity index (χ0) is 18.6. The molecule has 0 rings (SSSR count). The molecule has 0 spiro atoms. The lowest BCUT2D eigenvalue weighted by Gasteiger charge is -2.14. The summed E-state index contributed by atoms with van der Waals surface area (Å²) in [7, 11) is 0. The molecule has 0 aliphatic heterocycles. The molecule has 6 nitrogen and oxygen atoms in total. The number of aliphatic carboxylic acids is 1. The number of ether oxygens (including phenoxy) is 4. The van der Waals surface area contributed by atoms with Gasteiger partial charge >= 0.3 is 5.97 Å². The van der Waals surface area contributed by atoms with E-state index in [4.69, 9.17) is 24.1 Å². The fraction of sp³-hybridized carbons (Fsp3) is 0.947. The van der Waals surface area contributed by atoms with Crippen LogP contribution in [0.15, 0.2) is 0 Å². The summed E-state index contributed by atoms with van der Waals surface area (Å²) in [4.78, 5) is 11.1. The first kappa shape index (κ1) is 24.3. The Bertz CT molecular complexity index is 285. The van der Waals surface area contributed by atoms with E-state index in [1.165, 1.54) is 44.9 Å². The molecule has 0 aliphatic rings. The zero-order valence-electron chi connectivity index (χ0n) is 16.2. The standard InChI is InChI=1S/C19H38O6/c1-3-5-6-7-8-9-10-11-12-13-24-19(18(20)21)25-17-16-23-15-14-22-4-2/h19H,3-17H2,1-2H3,(H,20,21). The van der Waals surface area contributed by atoms with Gasteiger partial charge in [0.25, 0.3) is 6.29 Å². The Balaban J connectivity index is 3.46. The molecule has 0 saturated heterocycles. The number of carboxylic acid groups (broad SMARTS) is 1. The van der Waals surface area contributed by atoms with Crippen LogP contribution >= 0.6 is 0 Å². The molecule has 1 atom stereocenters. The number of rotatable bonds is 20. The van der Waals surface area contributed by atoms with Gasteiger partial charge in [-0.2, -0.15) is 0 Å². The minimum absolute atomic E-state index is 0.195. The Morgan fingerprint density at radius 2 is 1.24 bits per heavy atom. The molecule has 0 aliphatic carbocycles. The topological polar surface area (TPSA) is 74.2 Å². The largest absolute Gasteiger partial charge is 0.477 e. The lowest BCUT2D eigenvalue weighted by molar-refractivity contribution is -0.192. The van der Waals surface area contributed by atoms with Crippen molar-refractivity contribution in [3.63, 3.8) is 0 Å². The summed E-state index contributed by atoms with van der Waals surface area (Å²) in [5, 5.41) is 9.08. The summed E-state index contributed by atoms with van der Waals surface area (Å²) in [6, 6.07) is 0. The number of hydrogen-bond acceptors (Lipinski definition) is 5. The highest BCUT2D eigenvalue weighted by molar-refractivity contribution is 5.70. The number of carboxylic acids is 1. The highest BCUT2D eigenvalue weighted by Gasteiger charge is 2.18. The molecule has 0 amide bonds. The van der Waals surface area contributed by atoms with Gasteiger partial charge in [0.15, 0.2) is 0 Å². The lowest BCUT2D eigenvalue weighted by atomic mass is 10.1. The number of carbonyl (C=O) groups is 1. The van der Waals surface area contributed by atoms with Crippen molar-refractivity contribution in [3.8, 4) is 0 Å². The molecule has 0 heterocycles. The summed E-state index contributed by atoms with van der Waals surface area (Å²) in [6.45, 7) is 6.77. The monoisotopic (exact) mass is 362 g/mol. The smallest absolute Gasteiger partial charge is 0.361 e. The molecule has 6 heteroatoms. The van der Waals surface area contributed by atoms with Crippen molar-refractivity contribution in [1.82, 2.24) is 0 Å². The van der Waals surface area contributed by atoms with Crippen LogP contribution in [0.3, 0.4) is 0 Å². The van der Waals surface area contributed by atoms with Gasteiger partial charge in [0.1, 0.15) is 0 Å². The van der Waals surface area contributed by atoms with Crippen LogP contribution in [-0.2, 0) is 23.7 Å². The van der Waals surface area contributed by atoms with E-state index in [1.807, 2.05) is 6.92 Å². The van der Waals surface area contributed by atoms with Crippen LogP contribution < -0.4 is 0 Å². The quantitative estimate of drug-likeness (QED) is 0.260. The van der Waals surface area contributed by atoms with E-state index in [0.717, 1.165) is 12.8 Å². The molecule has 0 aromatic carbocycles. The number of hydrogen-bond donors (Lipinski definition) is 1. The molecule has 1 unspecified atom stereocenters. The minimum Gasteiger partial charge on any atom is -0.477 e. The first-order valence-electron chi connectivity index (χ1n) is 9.83. The molecule has 150 valence electrons. The highest BCUT2D eigenvalue weighted by Crippen LogP contribution is 2.10. The molecule has 0 saturated carbocycles. The zero-order valence-corrected chi connectivity index (χ0v) is 16.2. The van der Waals surface area contributed by atoms with Gasteiger partial charge < -0.3 is 24.1 Å². The van der Waals surface area contributed by atoms with Gasteiger partial charge in [0.05, 0.1) is 33.0 Å². The lowest BCUT2D eigenvalue weighted by Crippen LogP contribution is -2.29. The summed E-state index contributed by atoms with van der Waals surface area (Å²) >= 11 is 0. The van der Waals surface area contributed by atoms with Crippen LogP contribution in [0.2, 0.25) is 0 Å². The molecule has 0 bridgehead atoms. The molecule has 0 radical (unpaired) electrons. The van der Waals surface area contributed by atoms with Crippen LogP contribution in [0.25, 0.3) is 0 Å². The molecule has 0 aromatic rings. The summed E-state index contributed by atoms with van der Waals surface area (Å²) in [5.41, 5.74) is 0. The Morgan fingerprint density at radius 1 is 0.720 bits per heavy atom. The molecule has 0 aromatic heterocycles. The maximum Gasteiger partial charge on any atom is 0.361 e. The predicted octanol–water partition coefficient (Wildman–Crippen LogP) is 4.01. The van der Waals surface area contributed by atoms with Crippen LogP contribution in [-0.4, -0.2) is 57.0 Å². The van der Waals surface area contributed by atoms with Crippen molar-refractivity contribution in [3.05, 3.63) is 0 Å². The van der Waals surface area contributed by atoms with Crippen LogP contribution in [0.1, 0.15) is 71.6 Å². The molecular weight excluding hydrogens is 324 g/mol. The maximum absolute atomic E-state index is 11.1. The third-order valence-electron chi connectivity index (χ3n) is 3.79. The van der Waals surface area contributed by atoms with Gasteiger partial charge in [-0.25, -0.2) is 4.79 Å². The second-order valence-electron chi connectivity index (χ2n) is 6.05. The highest BCUT2D eigenvalue weighted by atomic mass is 16.7. The van der Waals surface area contributed by atoms with E-state index in [9.17, 15) is 4.79 Å². The van der Waals surface area contributed by atoms with Crippen LogP contribution in [0.5, 0.6) is 0 Å². The van der Waals surface area contributed by atoms with Gasteiger partial charge in [0.2, 0.25) is 0 Å². The predicted molar refractivity (Wildman–Crippen MR) is 97.9 cm³/mol. The van der Waals surface area contributed by atoms with E-state index in [1.54, 1.807) is 0 Å². The summed E-state index contributed by atoms with van der Waals surface area (Å²) in [5.74, 6) is -1.09. The average Bonchev–Trinajstić information content (AvgIpc) is 2.60. The fourth-order valence-electron chi connectivity index (χ4n) is 2.37. The summed E-state index contributed by atoms with van der Waals surface area (Å²) in [6.07, 6.45) is 9.75. The Labute approximate surface area is 153 Å². The fourth-order valence-corrected chi connectivity index (χ4v) is 2.37. The van der Waals surface area contributed by atoms with Crippen molar-refractivity contribution >= 4 is 5.97 Å². The first-order chi connectivity index (χ1) is 12.2. The second kappa shape index (κ2) is 19.6. The third-order valence-corrected chi connectivity index (χ3v) is 3.79. The molecule has 25 heavy (non-hydrogen) atoms. The van der Waals surface area contributed by atoms with E-state index in [-0.39, 0.29) is 6.61 Å². The molecule has 0 fully saturated rings. The van der Waals surface area contributed by atoms with Gasteiger partial charge in [-0.05, 0) is 13.3 Å². The maximum atomic E-state index is 11.1. The second-order valence-corrected chi connectivity index (χ2v) is 6.05. The molecular formula is C19H38O6. The normalized spacial score (nSPS) is 12.4. The van der Waals surface area contributed by atoms with Crippen molar-refractivity contribution < 1.29 is 28.8 Å². The van der Waals surface area contributed by atoms with Gasteiger partial charge in [-0.1, -0.05) is 58.3 Å². The van der Waals surface area contributed by atoms with Gasteiger partial charge in [0, 0.05) is 6.61 Å². The van der Waals surface area contributed by atoms with Crippen LogP contribution in [0, 0.1) is 0 Å². The van der Waals surface area contributed by atoms with Gasteiger partial charge in [-0.15, -0.1) is 0 Å². The van der Waals surface area contributed by atoms with E-state index in [2.05, 4.69) is 6.92 Å². The Hall–Kier alpha value is -0.690. The Kier molecular flexibility index (Phi) is 19.1. The third kappa shape index (κ3) is 17.9. The van der Waals surface area contributed by atoms with Crippen LogP contribution in [0.4, 0.5) is 0 Å². The summed E-state index contributed by atoms with van der Waals surface area (Å²) < 4.78 is 20.9. The average molecular weight is 363 g/mol. The van der Waals surface area contributed by atoms with Crippen molar-refractivity contribution in [1.29, 1.82) is 0 Å². The van der Waals surface area contributed by atoms with E-state index >= 15 is 0 Å². The van der Waals surface area contributed by atoms with Crippen molar-refractivity contribution in [2.24, 2.45) is 0 Å². The van der Waals surface area contributed by atoms with Crippen molar-refractivity contribution in [2.75, 3.05) is 39.6 Å². The first-order valence-corrected chi connectivity index (χ1v) is 9.83. The van der Waals surface area contributed by atoms with E-state index in [0.29, 0.717) is 33.0 Å². The number of unbranched alkanes of at least 4 members (excludes halogenated alkanes) is 8. The van der Waals surface area contributed by atoms with Crippen molar-refractivity contribution in [2.45, 2.75) is 77.9 Å². The van der Waals surface area contributed by atoms with Gasteiger partial charge in [-0.3, -0.25) is 0 Å².